The highest BCUT2D eigenvalue weighted by atomic mass is 32.2. The molecule has 6 rings (SSSR count). The van der Waals surface area contributed by atoms with Gasteiger partial charge >= 0.3 is 0 Å². The van der Waals surface area contributed by atoms with E-state index in [9.17, 15) is 8.42 Å². The minimum Gasteiger partial charge on any atom is -0.321 e. The van der Waals surface area contributed by atoms with Crippen molar-refractivity contribution in [2.45, 2.75) is 63.4 Å². The number of sulfonamides is 1. The maximum Gasteiger partial charge on any atom is 0.265 e. The molecule has 1 fully saturated rings. The van der Waals surface area contributed by atoms with Gasteiger partial charge in [-0.2, -0.15) is 0 Å². The van der Waals surface area contributed by atoms with E-state index in [1.165, 1.54) is 12.8 Å². The fourth-order valence-electron chi connectivity index (χ4n) is 6.37. The monoisotopic (exact) mass is 569 g/mol. The summed E-state index contributed by atoms with van der Waals surface area (Å²) in [5.74, 6) is 1.56. The summed E-state index contributed by atoms with van der Waals surface area (Å²) in [7, 11) is -1.79. The van der Waals surface area contributed by atoms with Gasteiger partial charge in [0.15, 0.2) is 0 Å². The average molecular weight is 570 g/mol. The van der Waals surface area contributed by atoms with Gasteiger partial charge in [-0.15, -0.1) is 10.2 Å². The molecule has 2 aliphatic heterocycles. The van der Waals surface area contributed by atoms with Crippen LogP contribution in [0.2, 0.25) is 0 Å². The minimum absolute atomic E-state index is 0.263. The van der Waals surface area contributed by atoms with Crippen LogP contribution in [-0.2, 0) is 42.0 Å². The van der Waals surface area contributed by atoms with Crippen LogP contribution in [0.5, 0.6) is 0 Å². The molecule has 41 heavy (non-hydrogen) atoms. The average Bonchev–Trinajstić information content (AvgIpc) is 3.47. The summed E-state index contributed by atoms with van der Waals surface area (Å²) in [6, 6.07) is 22.3. The molecule has 2 aliphatic rings. The minimum atomic E-state index is -3.73. The Labute approximate surface area is 243 Å². The van der Waals surface area contributed by atoms with Crippen LogP contribution in [-0.4, -0.2) is 41.2 Å². The number of aryl methyl sites for hydroxylation is 1. The summed E-state index contributed by atoms with van der Waals surface area (Å²) < 4.78 is 31.9. The molecule has 0 radical (unpaired) electrons. The number of fused-ring (bicyclic) bond motifs is 1. The van der Waals surface area contributed by atoms with Crippen molar-refractivity contribution in [2.24, 2.45) is 13.0 Å². The lowest BCUT2D eigenvalue weighted by Gasteiger charge is -2.31. The smallest absolute Gasteiger partial charge is 0.265 e. The molecule has 0 saturated carbocycles. The van der Waals surface area contributed by atoms with Gasteiger partial charge in [-0.3, -0.25) is 9.21 Å². The van der Waals surface area contributed by atoms with Gasteiger partial charge in [0.05, 0.1) is 17.1 Å². The SMILES string of the molecule is C[C@H]1CCCN(Cc2cc(-c3ccccc3)c3c(c2)S(=O)(=O)N(c2cccc(C(C)(C)Cc4nncn4C)c2)C3)C1. The van der Waals surface area contributed by atoms with Crippen LogP contribution in [0.25, 0.3) is 11.1 Å². The summed E-state index contributed by atoms with van der Waals surface area (Å²) in [6.07, 6.45) is 4.84. The lowest BCUT2D eigenvalue weighted by Crippen LogP contribution is -2.33. The van der Waals surface area contributed by atoms with E-state index in [1.807, 2.05) is 54.1 Å². The zero-order valence-electron chi connectivity index (χ0n) is 24.4. The zero-order valence-corrected chi connectivity index (χ0v) is 25.2. The Balaban J connectivity index is 1.37. The van der Waals surface area contributed by atoms with E-state index < -0.39 is 10.0 Å². The summed E-state index contributed by atoms with van der Waals surface area (Å²) >= 11 is 0. The van der Waals surface area contributed by atoms with Crippen LogP contribution in [0.3, 0.4) is 0 Å². The van der Waals surface area contributed by atoms with Crippen molar-refractivity contribution in [2.75, 3.05) is 17.4 Å². The van der Waals surface area contributed by atoms with Crippen molar-refractivity contribution in [3.8, 4) is 11.1 Å². The fourth-order valence-corrected chi connectivity index (χ4v) is 8.09. The number of piperidine rings is 1. The maximum absolute atomic E-state index is 14.2. The number of aromatic nitrogens is 3. The predicted octanol–water partition coefficient (Wildman–Crippen LogP) is 5.94. The van der Waals surface area contributed by atoms with Gasteiger partial charge in [-0.05, 0) is 77.2 Å². The Morgan fingerprint density at radius 1 is 1.02 bits per heavy atom. The second-order valence-electron chi connectivity index (χ2n) is 12.4. The van der Waals surface area contributed by atoms with Gasteiger partial charge in [0.1, 0.15) is 12.2 Å². The fraction of sp³-hybridized carbons (Fsp3) is 0.394. The highest BCUT2D eigenvalue weighted by Gasteiger charge is 2.38. The Kier molecular flexibility index (Phi) is 7.24. The lowest BCUT2D eigenvalue weighted by molar-refractivity contribution is 0.176. The third kappa shape index (κ3) is 5.43. The Bertz CT molecular complexity index is 1660. The molecule has 0 aliphatic carbocycles. The maximum atomic E-state index is 14.2. The molecule has 3 aromatic carbocycles. The number of anilines is 1. The first kappa shape index (κ1) is 27.7. The molecule has 0 unspecified atom stereocenters. The van der Waals surface area contributed by atoms with Crippen molar-refractivity contribution < 1.29 is 8.42 Å². The molecule has 1 saturated heterocycles. The van der Waals surface area contributed by atoms with Crippen molar-refractivity contribution in [1.82, 2.24) is 19.7 Å². The Morgan fingerprint density at radius 3 is 2.56 bits per heavy atom. The molecule has 214 valence electrons. The van der Waals surface area contributed by atoms with Gasteiger partial charge in [0, 0.05) is 32.1 Å². The summed E-state index contributed by atoms with van der Waals surface area (Å²) in [5.41, 5.74) is 5.47. The highest BCUT2D eigenvalue weighted by Crippen LogP contribution is 2.42. The topological polar surface area (TPSA) is 71.3 Å². The van der Waals surface area contributed by atoms with Crippen molar-refractivity contribution in [3.63, 3.8) is 0 Å². The van der Waals surface area contributed by atoms with E-state index in [0.29, 0.717) is 29.5 Å². The molecule has 7 nitrogen and oxygen atoms in total. The number of benzene rings is 3. The van der Waals surface area contributed by atoms with Crippen molar-refractivity contribution >= 4 is 15.7 Å². The predicted molar refractivity (Wildman–Crippen MR) is 163 cm³/mol. The van der Waals surface area contributed by atoms with Crippen LogP contribution in [0.15, 0.2) is 78.0 Å². The van der Waals surface area contributed by atoms with E-state index in [4.69, 9.17) is 0 Å². The van der Waals surface area contributed by atoms with Crippen molar-refractivity contribution in [1.29, 1.82) is 0 Å². The molecule has 3 heterocycles. The van der Waals surface area contributed by atoms with Gasteiger partial charge in [0.2, 0.25) is 0 Å². The zero-order chi connectivity index (χ0) is 28.8. The first-order chi connectivity index (χ1) is 19.6. The van der Waals surface area contributed by atoms with Crippen LogP contribution in [0.4, 0.5) is 5.69 Å². The van der Waals surface area contributed by atoms with E-state index >= 15 is 0 Å². The van der Waals surface area contributed by atoms with Crippen LogP contribution >= 0.6 is 0 Å². The molecular formula is C33H39N5O2S. The summed E-state index contributed by atoms with van der Waals surface area (Å²) in [6.45, 7) is 9.81. The number of hydrogen-bond donors (Lipinski definition) is 0. The van der Waals surface area contributed by atoms with E-state index in [0.717, 1.165) is 53.3 Å². The number of likely N-dealkylation sites (tertiary alicyclic amines) is 1. The molecule has 0 bridgehead atoms. The van der Waals surface area contributed by atoms with E-state index in [1.54, 1.807) is 10.6 Å². The number of rotatable bonds is 7. The van der Waals surface area contributed by atoms with Gasteiger partial charge in [0.25, 0.3) is 10.0 Å². The van der Waals surface area contributed by atoms with Gasteiger partial charge < -0.3 is 4.57 Å². The second-order valence-corrected chi connectivity index (χ2v) is 14.3. The third-order valence-corrected chi connectivity index (χ3v) is 10.5. The molecule has 0 N–H and O–H groups in total. The van der Waals surface area contributed by atoms with E-state index in [-0.39, 0.29) is 5.41 Å². The summed E-state index contributed by atoms with van der Waals surface area (Å²) in [4.78, 5) is 2.90. The molecule has 0 amide bonds. The van der Waals surface area contributed by atoms with Crippen LogP contribution in [0.1, 0.15) is 56.1 Å². The molecule has 1 aromatic heterocycles. The van der Waals surface area contributed by atoms with Gasteiger partial charge in [-0.1, -0.05) is 63.2 Å². The standard InChI is InChI=1S/C33H39N5O2S/c1-24-10-9-15-37(20-24)21-25-16-29(26-11-6-5-7-12-26)30-22-38(41(39,40)31(30)17-25)28-14-8-13-27(18-28)33(2,3)19-32-35-34-23-36(32)4/h5-8,11-14,16-18,23-24H,9-10,15,19-22H2,1-4H3/t24-/m0/s1. The molecule has 1 atom stereocenters. The molecule has 8 heteroatoms. The Morgan fingerprint density at radius 2 is 1.83 bits per heavy atom. The molecule has 4 aromatic rings. The van der Waals surface area contributed by atoms with Crippen LogP contribution in [0, 0.1) is 5.92 Å². The molecule has 0 spiro atoms. The Hall–Kier alpha value is -3.49. The number of nitrogens with zero attached hydrogens (tertiary/aromatic N) is 5. The summed E-state index contributed by atoms with van der Waals surface area (Å²) in [5, 5.41) is 8.30. The third-order valence-electron chi connectivity index (χ3n) is 8.69. The number of hydrogen-bond acceptors (Lipinski definition) is 5. The van der Waals surface area contributed by atoms with Crippen molar-refractivity contribution in [3.05, 3.63) is 95.6 Å². The largest absolute Gasteiger partial charge is 0.321 e. The lowest BCUT2D eigenvalue weighted by atomic mass is 9.81. The highest BCUT2D eigenvalue weighted by molar-refractivity contribution is 7.93. The van der Waals surface area contributed by atoms with Gasteiger partial charge in [-0.25, -0.2) is 8.42 Å². The van der Waals surface area contributed by atoms with E-state index in [2.05, 4.69) is 60.1 Å². The van der Waals surface area contributed by atoms with Crippen LogP contribution < -0.4 is 4.31 Å². The first-order valence-electron chi connectivity index (χ1n) is 14.5. The normalized spacial score (nSPS) is 18.9. The molecular weight excluding hydrogens is 530 g/mol. The first-order valence-corrected chi connectivity index (χ1v) is 16.0. The second kappa shape index (κ2) is 10.7. The quantitative estimate of drug-likeness (QED) is 0.275.